The van der Waals surface area contributed by atoms with Gasteiger partial charge in [0.25, 0.3) is 5.91 Å². The molecule has 2 fully saturated rings. The van der Waals surface area contributed by atoms with Crippen LogP contribution in [0.15, 0.2) is 42.6 Å². The largest absolute Gasteiger partial charge is 0.357 e. The molecule has 4 heterocycles. The predicted octanol–water partition coefficient (Wildman–Crippen LogP) is 3.22. The van der Waals surface area contributed by atoms with E-state index in [4.69, 9.17) is 0 Å². The van der Waals surface area contributed by atoms with Crippen molar-refractivity contribution >= 4 is 23.3 Å². The summed E-state index contributed by atoms with van der Waals surface area (Å²) in [7, 11) is 1.85. The first-order valence-corrected chi connectivity index (χ1v) is 11.0. The van der Waals surface area contributed by atoms with Crippen molar-refractivity contribution in [1.82, 2.24) is 9.88 Å². The second-order valence-electron chi connectivity index (χ2n) is 8.71. The number of nitrogens with zero attached hydrogens (tertiary/aromatic N) is 4. The average Bonchev–Trinajstić information content (AvgIpc) is 3.02. The SMILES string of the molecule is CN1C(=O)C2(CCN(c3ccccn3)CC2)c2cc(C(=O)N3CCCCC3)ccc21. The van der Waals surface area contributed by atoms with Gasteiger partial charge in [0.2, 0.25) is 5.91 Å². The number of anilines is 2. The Labute approximate surface area is 177 Å². The number of pyridine rings is 1. The third-order valence-electron chi connectivity index (χ3n) is 7.07. The Hall–Kier alpha value is -2.89. The molecule has 2 saturated heterocycles. The highest BCUT2D eigenvalue weighted by Gasteiger charge is 2.51. The highest BCUT2D eigenvalue weighted by Crippen LogP contribution is 2.48. The van der Waals surface area contributed by atoms with Crippen molar-refractivity contribution < 1.29 is 9.59 Å². The molecule has 0 radical (unpaired) electrons. The molecule has 0 atom stereocenters. The number of piperidine rings is 2. The first-order chi connectivity index (χ1) is 14.6. The summed E-state index contributed by atoms with van der Waals surface area (Å²) in [5.41, 5.74) is 2.15. The number of aromatic nitrogens is 1. The Morgan fingerprint density at radius 1 is 1.00 bits per heavy atom. The van der Waals surface area contributed by atoms with Gasteiger partial charge in [0.1, 0.15) is 5.82 Å². The van der Waals surface area contributed by atoms with Crippen molar-refractivity contribution in [2.45, 2.75) is 37.5 Å². The maximum absolute atomic E-state index is 13.4. The fraction of sp³-hybridized carbons (Fsp3) is 0.458. The standard InChI is InChI=1S/C24H28N4O2/c1-26-20-9-8-18(22(29)28-13-5-2-6-14-28)17-19(20)24(23(26)30)10-15-27(16-11-24)21-7-3-4-12-25-21/h3-4,7-9,12,17H,2,5-6,10-11,13-16H2,1H3. The number of benzene rings is 1. The summed E-state index contributed by atoms with van der Waals surface area (Å²) >= 11 is 0. The molecule has 2 aromatic rings. The van der Waals surface area contributed by atoms with E-state index in [0.29, 0.717) is 5.56 Å². The zero-order chi connectivity index (χ0) is 20.7. The third-order valence-corrected chi connectivity index (χ3v) is 7.07. The summed E-state index contributed by atoms with van der Waals surface area (Å²) in [6.07, 6.45) is 6.63. The van der Waals surface area contributed by atoms with Gasteiger partial charge in [-0.2, -0.15) is 0 Å². The lowest BCUT2D eigenvalue weighted by Gasteiger charge is -2.39. The Bertz CT molecular complexity index is 960. The number of hydrogen-bond donors (Lipinski definition) is 0. The Balaban J connectivity index is 1.44. The molecule has 2 amide bonds. The molecule has 3 aliphatic heterocycles. The molecule has 0 aliphatic carbocycles. The predicted molar refractivity (Wildman–Crippen MR) is 117 cm³/mol. The first-order valence-electron chi connectivity index (χ1n) is 11.0. The van der Waals surface area contributed by atoms with Gasteiger partial charge < -0.3 is 14.7 Å². The molecular weight excluding hydrogens is 376 g/mol. The zero-order valence-corrected chi connectivity index (χ0v) is 17.5. The van der Waals surface area contributed by atoms with E-state index in [0.717, 1.165) is 68.9 Å². The minimum absolute atomic E-state index is 0.0978. The van der Waals surface area contributed by atoms with E-state index in [2.05, 4.69) is 9.88 Å². The van der Waals surface area contributed by atoms with Crippen LogP contribution in [0.2, 0.25) is 0 Å². The lowest BCUT2D eigenvalue weighted by Crippen LogP contribution is -2.48. The second-order valence-corrected chi connectivity index (χ2v) is 8.71. The normalized spacial score (nSPS) is 20.6. The number of carbonyl (C=O) groups is 2. The number of rotatable bonds is 2. The lowest BCUT2D eigenvalue weighted by atomic mass is 9.73. The van der Waals surface area contributed by atoms with Crippen LogP contribution in [0.3, 0.4) is 0 Å². The highest BCUT2D eigenvalue weighted by molar-refractivity contribution is 6.09. The van der Waals surface area contributed by atoms with E-state index >= 15 is 0 Å². The Morgan fingerprint density at radius 2 is 1.77 bits per heavy atom. The molecule has 6 nitrogen and oxygen atoms in total. The molecule has 156 valence electrons. The highest BCUT2D eigenvalue weighted by atomic mass is 16.2. The van der Waals surface area contributed by atoms with Gasteiger partial charge in [0, 0.05) is 50.7 Å². The smallest absolute Gasteiger partial charge is 0.253 e. The fourth-order valence-corrected chi connectivity index (χ4v) is 5.31. The van der Waals surface area contributed by atoms with E-state index in [-0.39, 0.29) is 11.8 Å². The van der Waals surface area contributed by atoms with Crippen molar-refractivity contribution in [3.05, 3.63) is 53.7 Å². The van der Waals surface area contributed by atoms with Gasteiger partial charge in [0.05, 0.1) is 5.41 Å². The summed E-state index contributed by atoms with van der Waals surface area (Å²) in [6.45, 7) is 3.22. The topological polar surface area (TPSA) is 56.8 Å². The summed E-state index contributed by atoms with van der Waals surface area (Å²) in [6, 6.07) is 11.8. The minimum Gasteiger partial charge on any atom is -0.357 e. The zero-order valence-electron chi connectivity index (χ0n) is 17.5. The van der Waals surface area contributed by atoms with Crippen LogP contribution in [0.4, 0.5) is 11.5 Å². The molecular formula is C24H28N4O2. The van der Waals surface area contributed by atoms with Crippen LogP contribution in [0, 0.1) is 0 Å². The lowest BCUT2D eigenvalue weighted by molar-refractivity contribution is -0.123. The van der Waals surface area contributed by atoms with Crippen molar-refractivity contribution in [3.8, 4) is 0 Å². The van der Waals surface area contributed by atoms with Gasteiger partial charge in [0.15, 0.2) is 0 Å². The van der Waals surface area contributed by atoms with Gasteiger partial charge in [-0.1, -0.05) is 6.07 Å². The molecule has 0 unspecified atom stereocenters. The summed E-state index contributed by atoms with van der Waals surface area (Å²) in [5, 5.41) is 0. The van der Waals surface area contributed by atoms with Crippen LogP contribution in [-0.2, 0) is 10.2 Å². The average molecular weight is 405 g/mol. The van der Waals surface area contributed by atoms with Crippen LogP contribution < -0.4 is 9.80 Å². The Kier molecular flexibility index (Phi) is 4.72. The maximum Gasteiger partial charge on any atom is 0.253 e. The first kappa shape index (κ1) is 19.1. The fourth-order valence-electron chi connectivity index (χ4n) is 5.31. The third kappa shape index (κ3) is 2.97. The van der Waals surface area contributed by atoms with Crippen molar-refractivity contribution in [3.63, 3.8) is 0 Å². The monoisotopic (exact) mass is 404 g/mol. The molecule has 1 aromatic carbocycles. The quantitative estimate of drug-likeness (QED) is 0.771. The van der Waals surface area contributed by atoms with Crippen molar-refractivity contribution in [1.29, 1.82) is 0 Å². The van der Waals surface area contributed by atoms with E-state index in [1.807, 2.05) is 54.5 Å². The minimum atomic E-state index is -0.534. The molecule has 3 aliphatic rings. The molecule has 0 bridgehead atoms. The number of carbonyl (C=O) groups excluding carboxylic acids is 2. The number of hydrogen-bond acceptors (Lipinski definition) is 4. The summed E-state index contributed by atoms with van der Waals surface area (Å²) in [5.74, 6) is 1.21. The summed E-state index contributed by atoms with van der Waals surface area (Å²) in [4.78, 5) is 36.9. The molecule has 1 aromatic heterocycles. The van der Waals surface area contributed by atoms with E-state index < -0.39 is 5.41 Å². The van der Waals surface area contributed by atoms with Gasteiger partial charge in [-0.15, -0.1) is 0 Å². The van der Waals surface area contributed by atoms with Crippen LogP contribution in [0.1, 0.15) is 48.0 Å². The van der Waals surface area contributed by atoms with Crippen LogP contribution >= 0.6 is 0 Å². The summed E-state index contributed by atoms with van der Waals surface area (Å²) < 4.78 is 0. The van der Waals surface area contributed by atoms with E-state index in [1.165, 1.54) is 6.42 Å². The number of fused-ring (bicyclic) bond motifs is 2. The molecule has 0 saturated carbocycles. The number of likely N-dealkylation sites (tertiary alicyclic amines) is 1. The van der Waals surface area contributed by atoms with Gasteiger partial charge in [-0.05, 0) is 68.0 Å². The molecule has 5 rings (SSSR count). The van der Waals surface area contributed by atoms with Gasteiger partial charge in [-0.3, -0.25) is 9.59 Å². The van der Waals surface area contributed by atoms with Gasteiger partial charge >= 0.3 is 0 Å². The number of likely N-dealkylation sites (N-methyl/N-ethyl adjacent to an activating group) is 1. The van der Waals surface area contributed by atoms with Crippen LogP contribution in [0.5, 0.6) is 0 Å². The molecule has 6 heteroatoms. The molecule has 0 N–H and O–H groups in total. The molecule has 1 spiro atoms. The van der Waals surface area contributed by atoms with E-state index in [9.17, 15) is 9.59 Å². The van der Waals surface area contributed by atoms with Gasteiger partial charge in [-0.25, -0.2) is 4.98 Å². The van der Waals surface area contributed by atoms with Crippen LogP contribution in [-0.4, -0.2) is 54.9 Å². The van der Waals surface area contributed by atoms with Crippen LogP contribution in [0.25, 0.3) is 0 Å². The van der Waals surface area contributed by atoms with Crippen molar-refractivity contribution in [2.24, 2.45) is 0 Å². The molecule has 30 heavy (non-hydrogen) atoms. The maximum atomic E-state index is 13.4. The van der Waals surface area contributed by atoms with Crippen molar-refractivity contribution in [2.75, 3.05) is 43.0 Å². The number of amides is 2. The second kappa shape index (κ2) is 7.42. The Morgan fingerprint density at radius 3 is 2.47 bits per heavy atom. The van der Waals surface area contributed by atoms with E-state index in [1.54, 1.807) is 4.90 Å².